The molecule has 3 rings (SSSR count). The van der Waals surface area contributed by atoms with E-state index >= 15 is 0 Å². The van der Waals surface area contributed by atoms with Crippen LogP contribution < -0.4 is 5.32 Å². The van der Waals surface area contributed by atoms with Gasteiger partial charge in [-0.1, -0.05) is 19.8 Å². The lowest BCUT2D eigenvalue weighted by atomic mass is 9.87. The van der Waals surface area contributed by atoms with Crippen molar-refractivity contribution in [3.63, 3.8) is 0 Å². The normalized spacial score (nSPS) is 23.4. The summed E-state index contributed by atoms with van der Waals surface area (Å²) in [4.78, 5) is 15.4. The van der Waals surface area contributed by atoms with Crippen molar-refractivity contribution in [2.24, 2.45) is 5.92 Å². The molecule has 1 aromatic heterocycles. The number of nitrogens with one attached hydrogen (secondary N) is 2. The van der Waals surface area contributed by atoms with Crippen LogP contribution in [0.25, 0.3) is 10.9 Å². The van der Waals surface area contributed by atoms with Crippen molar-refractivity contribution >= 4 is 16.8 Å². The van der Waals surface area contributed by atoms with E-state index in [2.05, 4.69) is 17.2 Å². The molecular weight excluding hydrogens is 236 g/mol. The first-order chi connectivity index (χ1) is 9.22. The number of aromatic nitrogens is 1. The molecule has 2 atom stereocenters. The summed E-state index contributed by atoms with van der Waals surface area (Å²) in [6, 6.07) is 8.15. The molecule has 0 spiro atoms. The number of fused-ring (bicyclic) bond motifs is 1. The Kier molecular flexibility index (Phi) is 3.28. The van der Waals surface area contributed by atoms with Crippen LogP contribution in [0.5, 0.6) is 0 Å². The topological polar surface area (TPSA) is 44.9 Å². The summed E-state index contributed by atoms with van der Waals surface area (Å²) in [5.41, 5.74) is 1.83. The van der Waals surface area contributed by atoms with Crippen molar-refractivity contribution in [1.82, 2.24) is 10.3 Å². The molecule has 1 aliphatic rings. The van der Waals surface area contributed by atoms with E-state index < -0.39 is 0 Å². The van der Waals surface area contributed by atoms with Crippen LogP contribution in [0, 0.1) is 5.92 Å². The first kappa shape index (κ1) is 12.3. The molecule has 3 heteroatoms. The lowest BCUT2D eigenvalue weighted by Crippen LogP contribution is -2.37. The fourth-order valence-electron chi connectivity index (χ4n) is 3.03. The molecule has 1 heterocycles. The van der Waals surface area contributed by atoms with Crippen LogP contribution in [-0.2, 0) is 0 Å². The van der Waals surface area contributed by atoms with Crippen molar-refractivity contribution in [2.75, 3.05) is 0 Å². The molecule has 2 aromatic rings. The minimum Gasteiger partial charge on any atom is -0.361 e. The van der Waals surface area contributed by atoms with E-state index in [-0.39, 0.29) is 5.91 Å². The molecule has 1 aromatic carbocycles. The molecule has 0 saturated heterocycles. The predicted octanol–water partition coefficient (Wildman–Crippen LogP) is 3.48. The van der Waals surface area contributed by atoms with E-state index in [4.69, 9.17) is 0 Å². The maximum absolute atomic E-state index is 12.3. The Labute approximate surface area is 113 Å². The van der Waals surface area contributed by atoms with Gasteiger partial charge >= 0.3 is 0 Å². The zero-order valence-corrected chi connectivity index (χ0v) is 11.3. The first-order valence-electron chi connectivity index (χ1n) is 7.10. The summed E-state index contributed by atoms with van der Waals surface area (Å²) in [5.74, 6) is 0.786. The van der Waals surface area contributed by atoms with Crippen LogP contribution in [0.1, 0.15) is 43.0 Å². The molecule has 1 aliphatic carbocycles. The zero-order valence-electron chi connectivity index (χ0n) is 11.3. The van der Waals surface area contributed by atoms with E-state index in [1.165, 1.54) is 12.8 Å². The summed E-state index contributed by atoms with van der Waals surface area (Å²) >= 11 is 0. The van der Waals surface area contributed by atoms with Gasteiger partial charge in [0.15, 0.2) is 0 Å². The monoisotopic (exact) mass is 256 g/mol. The average Bonchev–Trinajstić information content (AvgIpc) is 2.85. The Hall–Kier alpha value is -1.77. The van der Waals surface area contributed by atoms with E-state index in [1.54, 1.807) is 0 Å². The smallest absolute Gasteiger partial charge is 0.251 e. The number of H-pyrrole nitrogens is 1. The second kappa shape index (κ2) is 5.08. The zero-order chi connectivity index (χ0) is 13.2. The van der Waals surface area contributed by atoms with E-state index in [9.17, 15) is 4.79 Å². The minimum atomic E-state index is 0.0576. The highest BCUT2D eigenvalue weighted by Crippen LogP contribution is 2.24. The highest BCUT2D eigenvalue weighted by atomic mass is 16.1. The van der Waals surface area contributed by atoms with Gasteiger partial charge in [-0.05, 0) is 43.0 Å². The predicted molar refractivity (Wildman–Crippen MR) is 77.2 cm³/mol. The van der Waals surface area contributed by atoms with Crippen LogP contribution in [0.15, 0.2) is 30.5 Å². The summed E-state index contributed by atoms with van der Waals surface area (Å²) in [7, 11) is 0. The maximum atomic E-state index is 12.3. The van der Waals surface area contributed by atoms with Crippen LogP contribution in [-0.4, -0.2) is 16.9 Å². The molecule has 0 aliphatic heterocycles. The maximum Gasteiger partial charge on any atom is 0.251 e. The number of amides is 1. The van der Waals surface area contributed by atoms with Gasteiger partial charge in [-0.3, -0.25) is 4.79 Å². The molecular formula is C16H20N2O. The Morgan fingerprint density at radius 3 is 3.05 bits per heavy atom. The van der Waals surface area contributed by atoms with E-state index in [1.807, 2.05) is 30.5 Å². The number of benzene rings is 1. The number of aromatic amines is 1. The highest BCUT2D eigenvalue weighted by molar-refractivity contribution is 5.98. The number of rotatable bonds is 2. The van der Waals surface area contributed by atoms with Crippen LogP contribution in [0.4, 0.5) is 0 Å². The van der Waals surface area contributed by atoms with Gasteiger partial charge < -0.3 is 10.3 Å². The van der Waals surface area contributed by atoms with Crippen LogP contribution >= 0.6 is 0 Å². The van der Waals surface area contributed by atoms with E-state index in [0.717, 1.165) is 35.2 Å². The first-order valence-corrected chi connectivity index (χ1v) is 7.10. The van der Waals surface area contributed by atoms with Crippen molar-refractivity contribution in [3.05, 3.63) is 36.0 Å². The molecule has 2 N–H and O–H groups in total. The Balaban J connectivity index is 1.72. The molecule has 1 saturated carbocycles. The third-order valence-electron chi connectivity index (χ3n) is 4.09. The van der Waals surface area contributed by atoms with Crippen LogP contribution in [0.3, 0.4) is 0 Å². The Bertz CT molecular complexity index is 587. The third kappa shape index (κ3) is 2.65. The van der Waals surface area contributed by atoms with Gasteiger partial charge in [-0.25, -0.2) is 0 Å². The van der Waals surface area contributed by atoms with Gasteiger partial charge in [-0.2, -0.15) is 0 Å². The summed E-state index contributed by atoms with van der Waals surface area (Å²) in [6.07, 6.45) is 6.64. The number of hydrogen-bond donors (Lipinski definition) is 2. The molecule has 3 nitrogen and oxygen atoms in total. The SMILES string of the molecule is CC1CCCC(NC(=O)c2ccc3[nH]ccc3c2)C1. The fourth-order valence-corrected chi connectivity index (χ4v) is 3.03. The van der Waals surface area contributed by atoms with Gasteiger partial charge in [-0.15, -0.1) is 0 Å². The van der Waals surface area contributed by atoms with E-state index in [0.29, 0.717) is 6.04 Å². The molecule has 0 bridgehead atoms. The molecule has 19 heavy (non-hydrogen) atoms. The van der Waals surface area contributed by atoms with Gasteiger partial charge in [0.05, 0.1) is 0 Å². The molecule has 100 valence electrons. The Morgan fingerprint density at radius 1 is 1.32 bits per heavy atom. The van der Waals surface area contributed by atoms with Gasteiger partial charge in [0, 0.05) is 28.7 Å². The van der Waals surface area contributed by atoms with Gasteiger partial charge in [0.25, 0.3) is 5.91 Å². The lowest BCUT2D eigenvalue weighted by molar-refractivity contribution is 0.0921. The van der Waals surface area contributed by atoms with Crippen molar-refractivity contribution < 1.29 is 4.79 Å². The fraction of sp³-hybridized carbons (Fsp3) is 0.438. The second-order valence-electron chi connectivity index (χ2n) is 5.72. The average molecular weight is 256 g/mol. The highest BCUT2D eigenvalue weighted by Gasteiger charge is 2.20. The summed E-state index contributed by atoms with van der Waals surface area (Å²) < 4.78 is 0. The largest absolute Gasteiger partial charge is 0.361 e. The quantitative estimate of drug-likeness (QED) is 0.849. The van der Waals surface area contributed by atoms with Crippen molar-refractivity contribution in [2.45, 2.75) is 38.6 Å². The number of carbonyl (C=O) groups is 1. The summed E-state index contributed by atoms with van der Waals surface area (Å²) in [6.45, 7) is 2.27. The molecule has 2 unspecified atom stereocenters. The number of carbonyl (C=O) groups excluding carboxylic acids is 1. The molecule has 1 fully saturated rings. The number of hydrogen-bond acceptors (Lipinski definition) is 1. The molecule has 0 radical (unpaired) electrons. The van der Waals surface area contributed by atoms with Crippen LogP contribution in [0.2, 0.25) is 0 Å². The van der Waals surface area contributed by atoms with Crippen molar-refractivity contribution in [1.29, 1.82) is 0 Å². The standard InChI is InChI=1S/C16H20N2O/c1-11-3-2-4-14(9-11)18-16(19)13-5-6-15-12(10-13)7-8-17-15/h5-8,10-11,14,17H,2-4,9H2,1H3,(H,18,19). The summed E-state index contributed by atoms with van der Waals surface area (Å²) in [5, 5.41) is 4.26. The minimum absolute atomic E-state index is 0.0576. The second-order valence-corrected chi connectivity index (χ2v) is 5.72. The van der Waals surface area contributed by atoms with Gasteiger partial charge in [0.2, 0.25) is 0 Å². The Morgan fingerprint density at radius 2 is 2.21 bits per heavy atom. The van der Waals surface area contributed by atoms with Crippen molar-refractivity contribution in [3.8, 4) is 0 Å². The molecule has 1 amide bonds. The third-order valence-corrected chi connectivity index (χ3v) is 4.09. The van der Waals surface area contributed by atoms with Gasteiger partial charge in [0.1, 0.15) is 0 Å². The lowest BCUT2D eigenvalue weighted by Gasteiger charge is -2.27.